The van der Waals surface area contributed by atoms with Crippen LogP contribution in [0.4, 0.5) is 10.6 Å². The van der Waals surface area contributed by atoms with Crippen LogP contribution in [0.5, 0.6) is 0 Å². The molecule has 3 aromatic rings. The third kappa shape index (κ3) is 3.78. The number of nitrogens with one attached hydrogen (secondary N) is 3. The van der Waals surface area contributed by atoms with E-state index >= 15 is 0 Å². The molecule has 0 saturated carbocycles. The molecule has 0 aromatic carbocycles. The fourth-order valence-corrected chi connectivity index (χ4v) is 2.30. The van der Waals surface area contributed by atoms with Crippen molar-refractivity contribution in [2.45, 2.75) is 13.0 Å². The van der Waals surface area contributed by atoms with Gasteiger partial charge in [-0.3, -0.25) is 4.40 Å². The number of anilines is 1. The second kappa shape index (κ2) is 7.40. The quantitative estimate of drug-likeness (QED) is 0.598. The molecule has 0 aliphatic rings. The van der Waals surface area contributed by atoms with Crippen molar-refractivity contribution in [1.29, 1.82) is 0 Å². The highest BCUT2D eigenvalue weighted by molar-refractivity contribution is 5.74. The highest BCUT2D eigenvalue weighted by Gasteiger charge is 2.15. The molecule has 24 heavy (non-hydrogen) atoms. The number of hydrogen-bond donors (Lipinski definition) is 3. The number of amides is 2. The topological polar surface area (TPSA) is 96.2 Å². The summed E-state index contributed by atoms with van der Waals surface area (Å²) in [5, 5.41) is 17.0. The maximum Gasteiger partial charge on any atom is 0.315 e. The van der Waals surface area contributed by atoms with Crippen LogP contribution in [0.25, 0.3) is 5.65 Å². The van der Waals surface area contributed by atoms with E-state index in [2.05, 4.69) is 31.1 Å². The number of rotatable bonds is 6. The molecule has 0 radical (unpaired) electrons. The summed E-state index contributed by atoms with van der Waals surface area (Å²) in [7, 11) is 0. The standard InChI is InChI=1S/C16H19N7O/c1-12(15-22-21-14-7-3-5-11-23(14)15)20-16(24)19-10-9-18-13-6-2-4-8-17-13/h2-8,11-12H,9-10H2,1H3,(H,17,18)(H2,19,20,24). The first-order chi connectivity index (χ1) is 11.7. The Bertz CT molecular complexity index is 802. The first-order valence-electron chi connectivity index (χ1n) is 7.73. The van der Waals surface area contributed by atoms with Gasteiger partial charge in [0.15, 0.2) is 11.5 Å². The molecule has 0 bridgehead atoms. The van der Waals surface area contributed by atoms with E-state index in [1.807, 2.05) is 53.9 Å². The fraction of sp³-hybridized carbons (Fsp3) is 0.250. The van der Waals surface area contributed by atoms with Gasteiger partial charge in [0.2, 0.25) is 0 Å². The summed E-state index contributed by atoms with van der Waals surface area (Å²) in [5.41, 5.74) is 0.751. The van der Waals surface area contributed by atoms with E-state index in [-0.39, 0.29) is 12.1 Å². The van der Waals surface area contributed by atoms with Gasteiger partial charge in [0.1, 0.15) is 5.82 Å². The number of carbonyl (C=O) groups excluding carboxylic acids is 1. The Labute approximate surface area is 139 Å². The van der Waals surface area contributed by atoms with Crippen molar-refractivity contribution in [3.63, 3.8) is 0 Å². The minimum atomic E-state index is -0.258. The SMILES string of the molecule is CC(NC(=O)NCCNc1ccccn1)c1nnc2ccccn12. The van der Waals surface area contributed by atoms with E-state index in [4.69, 9.17) is 0 Å². The number of carbonyl (C=O) groups is 1. The van der Waals surface area contributed by atoms with Gasteiger partial charge in [0.25, 0.3) is 0 Å². The van der Waals surface area contributed by atoms with Gasteiger partial charge >= 0.3 is 6.03 Å². The molecule has 0 aliphatic heterocycles. The molecule has 3 aromatic heterocycles. The van der Waals surface area contributed by atoms with Crippen LogP contribution in [0.3, 0.4) is 0 Å². The maximum atomic E-state index is 12.0. The van der Waals surface area contributed by atoms with Crippen LogP contribution in [-0.2, 0) is 0 Å². The Kier molecular flexibility index (Phi) is 4.85. The normalized spacial score (nSPS) is 11.9. The minimum Gasteiger partial charge on any atom is -0.368 e. The van der Waals surface area contributed by atoms with Crippen LogP contribution in [-0.4, -0.2) is 38.7 Å². The van der Waals surface area contributed by atoms with E-state index in [1.54, 1.807) is 6.20 Å². The van der Waals surface area contributed by atoms with Crippen LogP contribution in [0, 0.1) is 0 Å². The largest absolute Gasteiger partial charge is 0.368 e. The lowest BCUT2D eigenvalue weighted by molar-refractivity contribution is 0.238. The highest BCUT2D eigenvalue weighted by atomic mass is 16.2. The van der Waals surface area contributed by atoms with Gasteiger partial charge in [-0.2, -0.15) is 0 Å². The molecule has 1 atom stereocenters. The smallest absolute Gasteiger partial charge is 0.315 e. The molecule has 3 N–H and O–H groups in total. The van der Waals surface area contributed by atoms with Gasteiger partial charge in [-0.15, -0.1) is 10.2 Å². The Morgan fingerprint density at radius 2 is 2.04 bits per heavy atom. The summed E-state index contributed by atoms with van der Waals surface area (Å²) in [6.45, 7) is 2.94. The Morgan fingerprint density at radius 3 is 2.88 bits per heavy atom. The van der Waals surface area contributed by atoms with E-state index in [0.29, 0.717) is 18.9 Å². The van der Waals surface area contributed by atoms with Crippen molar-refractivity contribution in [3.05, 3.63) is 54.6 Å². The van der Waals surface area contributed by atoms with Crippen molar-refractivity contribution in [1.82, 2.24) is 30.2 Å². The van der Waals surface area contributed by atoms with Crippen molar-refractivity contribution < 1.29 is 4.79 Å². The van der Waals surface area contributed by atoms with Crippen molar-refractivity contribution in [3.8, 4) is 0 Å². The summed E-state index contributed by atoms with van der Waals surface area (Å²) < 4.78 is 1.85. The monoisotopic (exact) mass is 325 g/mol. The van der Waals surface area contributed by atoms with Gasteiger partial charge in [0, 0.05) is 25.5 Å². The van der Waals surface area contributed by atoms with E-state index in [1.165, 1.54) is 0 Å². The molecule has 8 heteroatoms. The Balaban J connectivity index is 1.46. The van der Waals surface area contributed by atoms with Crippen LogP contribution in [0.1, 0.15) is 18.8 Å². The lowest BCUT2D eigenvalue weighted by Crippen LogP contribution is -2.39. The molecule has 3 rings (SSSR count). The second-order valence-corrected chi connectivity index (χ2v) is 5.25. The van der Waals surface area contributed by atoms with Crippen molar-refractivity contribution in [2.75, 3.05) is 18.4 Å². The molecule has 0 aliphatic carbocycles. The zero-order valence-electron chi connectivity index (χ0n) is 13.3. The molecule has 1 unspecified atom stereocenters. The molecule has 124 valence electrons. The summed E-state index contributed by atoms with van der Waals surface area (Å²) in [6.07, 6.45) is 3.59. The summed E-state index contributed by atoms with van der Waals surface area (Å²) in [6, 6.07) is 10.8. The Morgan fingerprint density at radius 1 is 1.17 bits per heavy atom. The summed E-state index contributed by atoms with van der Waals surface area (Å²) >= 11 is 0. The van der Waals surface area contributed by atoms with Crippen molar-refractivity contribution in [2.24, 2.45) is 0 Å². The molecule has 0 fully saturated rings. The van der Waals surface area contributed by atoms with Crippen molar-refractivity contribution >= 4 is 17.5 Å². The lowest BCUT2D eigenvalue weighted by Gasteiger charge is -2.13. The third-order valence-electron chi connectivity index (χ3n) is 3.46. The third-order valence-corrected chi connectivity index (χ3v) is 3.46. The number of pyridine rings is 2. The average molecular weight is 325 g/mol. The van der Waals surface area contributed by atoms with Crippen LogP contribution >= 0.6 is 0 Å². The zero-order valence-corrected chi connectivity index (χ0v) is 13.3. The van der Waals surface area contributed by atoms with Gasteiger partial charge in [0.05, 0.1) is 6.04 Å². The van der Waals surface area contributed by atoms with Gasteiger partial charge < -0.3 is 16.0 Å². The van der Waals surface area contributed by atoms with Gasteiger partial charge in [-0.05, 0) is 31.2 Å². The minimum absolute atomic E-state index is 0.252. The molecule has 8 nitrogen and oxygen atoms in total. The fourth-order valence-electron chi connectivity index (χ4n) is 2.30. The number of hydrogen-bond acceptors (Lipinski definition) is 5. The summed E-state index contributed by atoms with van der Waals surface area (Å²) in [4.78, 5) is 16.1. The molecule has 0 saturated heterocycles. The van der Waals surface area contributed by atoms with Gasteiger partial charge in [-0.25, -0.2) is 9.78 Å². The molecular weight excluding hydrogens is 306 g/mol. The molecular formula is C16H19N7O. The lowest BCUT2D eigenvalue weighted by atomic mass is 10.3. The van der Waals surface area contributed by atoms with E-state index in [0.717, 1.165) is 11.5 Å². The maximum absolute atomic E-state index is 12.0. The second-order valence-electron chi connectivity index (χ2n) is 5.25. The number of nitrogens with zero attached hydrogens (tertiary/aromatic N) is 4. The molecule has 3 heterocycles. The van der Waals surface area contributed by atoms with E-state index in [9.17, 15) is 4.79 Å². The van der Waals surface area contributed by atoms with Crippen LogP contribution in [0.2, 0.25) is 0 Å². The average Bonchev–Trinajstić information content (AvgIpc) is 3.04. The molecule has 0 spiro atoms. The summed E-state index contributed by atoms with van der Waals surface area (Å²) in [5.74, 6) is 1.47. The first kappa shape index (κ1) is 15.7. The highest BCUT2D eigenvalue weighted by Crippen LogP contribution is 2.11. The number of aromatic nitrogens is 4. The van der Waals surface area contributed by atoms with Gasteiger partial charge in [-0.1, -0.05) is 12.1 Å². The number of fused-ring (bicyclic) bond motifs is 1. The first-order valence-corrected chi connectivity index (χ1v) is 7.73. The van der Waals surface area contributed by atoms with Crippen LogP contribution < -0.4 is 16.0 Å². The molecule has 2 amide bonds. The van der Waals surface area contributed by atoms with E-state index < -0.39 is 0 Å². The predicted octanol–water partition coefficient (Wildman–Crippen LogP) is 1.60. The zero-order chi connectivity index (χ0) is 16.8. The van der Waals surface area contributed by atoms with Crippen LogP contribution in [0.15, 0.2) is 48.8 Å². The predicted molar refractivity (Wildman–Crippen MR) is 90.7 cm³/mol. The number of urea groups is 1. The Hall–Kier alpha value is -3.16.